The van der Waals surface area contributed by atoms with Crippen LogP contribution in [-0.4, -0.2) is 59.5 Å². The van der Waals surface area contributed by atoms with Gasteiger partial charge in [-0.25, -0.2) is 22.7 Å². The number of aromatic nitrogens is 3. The van der Waals surface area contributed by atoms with E-state index in [4.69, 9.17) is 4.74 Å². The average Bonchev–Trinajstić information content (AvgIpc) is 3.54. The summed E-state index contributed by atoms with van der Waals surface area (Å²) in [6.45, 7) is 2.96. The Labute approximate surface area is 216 Å². The van der Waals surface area contributed by atoms with E-state index < -0.39 is 29.8 Å². The lowest BCUT2D eigenvalue weighted by Crippen LogP contribution is -2.36. The van der Waals surface area contributed by atoms with Gasteiger partial charge in [-0.1, -0.05) is 0 Å². The Morgan fingerprint density at radius 2 is 1.84 bits per heavy atom. The van der Waals surface area contributed by atoms with Crippen molar-refractivity contribution in [3.8, 4) is 0 Å². The second kappa shape index (κ2) is 9.97. The monoisotopic (exact) mass is 522 g/mol. The van der Waals surface area contributed by atoms with Gasteiger partial charge in [0.1, 0.15) is 29.2 Å². The van der Waals surface area contributed by atoms with Crippen LogP contribution >= 0.6 is 0 Å². The summed E-state index contributed by atoms with van der Waals surface area (Å²) in [6.07, 6.45) is 1.78. The van der Waals surface area contributed by atoms with E-state index in [9.17, 15) is 18.0 Å². The van der Waals surface area contributed by atoms with E-state index in [0.29, 0.717) is 24.7 Å². The summed E-state index contributed by atoms with van der Waals surface area (Å²) in [5.41, 5.74) is 2.23. The number of alkyl halides is 1. The van der Waals surface area contributed by atoms with Crippen molar-refractivity contribution in [2.75, 3.05) is 48.0 Å². The first-order chi connectivity index (χ1) is 18.5. The Kier molecular flexibility index (Phi) is 6.36. The molecule has 2 aliphatic heterocycles. The summed E-state index contributed by atoms with van der Waals surface area (Å²) in [5, 5.41) is 7.09. The molecule has 2 aromatic carbocycles. The maximum atomic E-state index is 14.5. The number of benzene rings is 2. The quantitative estimate of drug-likeness (QED) is 0.419. The van der Waals surface area contributed by atoms with Gasteiger partial charge in [-0.2, -0.15) is 5.10 Å². The Morgan fingerprint density at radius 1 is 1.05 bits per heavy atom. The Bertz CT molecular complexity index is 1470. The minimum atomic E-state index is -1.24. The van der Waals surface area contributed by atoms with Crippen LogP contribution in [-0.2, 0) is 4.74 Å². The molecule has 2 saturated heterocycles. The molecule has 4 aromatic rings. The van der Waals surface area contributed by atoms with Crippen molar-refractivity contribution in [1.82, 2.24) is 14.6 Å². The van der Waals surface area contributed by atoms with Crippen molar-refractivity contribution in [3.05, 3.63) is 83.7 Å². The lowest BCUT2D eigenvalue weighted by molar-refractivity contribution is 0.102. The molecule has 196 valence electrons. The number of hydrogen-bond donors (Lipinski definition) is 1. The van der Waals surface area contributed by atoms with Crippen LogP contribution in [0.4, 0.5) is 30.4 Å². The van der Waals surface area contributed by atoms with Crippen LogP contribution in [0.3, 0.4) is 0 Å². The fourth-order valence-corrected chi connectivity index (χ4v) is 5.06. The van der Waals surface area contributed by atoms with Crippen LogP contribution in [0.2, 0.25) is 0 Å². The second-order valence-corrected chi connectivity index (χ2v) is 9.38. The van der Waals surface area contributed by atoms with Crippen molar-refractivity contribution < 1.29 is 22.7 Å². The number of nitrogens with zero attached hydrogens (tertiary/aromatic N) is 5. The third kappa shape index (κ3) is 4.65. The van der Waals surface area contributed by atoms with Crippen molar-refractivity contribution >= 4 is 28.7 Å². The van der Waals surface area contributed by atoms with Crippen LogP contribution in [0.15, 0.2) is 60.9 Å². The molecule has 0 aliphatic carbocycles. The van der Waals surface area contributed by atoms with Crippen molar-refractivity contribution in [1.29, 1.82) is 0 Å². The highest BCUT2D eigenvalue weighted by Crippen LogP contribution is 2.38. The normalized spacial score (nSPS) is 19.8. The van der Waals surface area contributed by atoms with Gasteiger partial charge in [-0.15, -0.1) is 0 Å². The third-order valence-corrected chi connectivity index (χ3v) is 6.96. The fraction of sp³-hybridized carbons (Fsp3) is 0.296. The fourth-order valence-electron chi connectivity index (χ4n) is 5.06. The Hall–Kier alpha value is -4.12. The molecule has 1 amide bonds. The van der Waals surface area contributed by atoms with Crippen LogP contribution < -0.4 is 15.1 Å². The first kappa shape index (κ1) is 24.2. The van der Waals surface area contributed by atoms with Crippen LogP contribution in [0.25, 0.3) is 5.65 Å². The predicted molar refractivity (Wildman–Crippen MR) is 136 cm³/mol. The van der Waals surface area contributed by atoms with Gasteiger partial charge in [0.2, 0.25) is 0 Å². The Balaban J connectivity index is 1.25. The van der Waals surface area contributed by atoms with E-state index in [1.807, 2.05) is 24.3 Å². The summed E-state index contributed by atoms with van der Waals surface area (Å²) >= 11 is 0. The molecule has 38 heavy (non-hydrogen) atoms. The number of carbonyl (C=O) groups is 1. The maximum absolute atomic E-state index is 14.5. The molecule has 2 aromatic heterocycles. The minimum absolute atomic E-state index is 0.000284. The SMILES string of the molecule is O=C(Nc1ccc(N2CCOCC2)cc1)c1cnn2ccc(N3C[C@@H](F)C[C@@H]3c3cc(F)ccc3F)nc12. The topological polar surface area (TPSA) is 75.0 Å². The molecule has 0 bridgehead atoms. The summed E-state index contributed by atoms with van der Waals surface area (Å²) < 4.78 is 49.8. The number of morpholine rings is 1. The van der Waals surface area contributed by atoms with E-state index >= 15 is 0 Å². The molecular formula is C27H25F3N6O2. The molecule has 1 N–H and O–H groups in total. The molecule has 0 spiro atoms. The predicted octanol–water partition coefficient (Wildman–Crippen LogP) is 4.39. The van der Waals surface area contributed by atoms with E-state index in [1.54, 1.807) is 17.2 Å². The van der Waals surface area contributed by atoms with Gasteiger partial charge < -0.3 is 19.9 Å². The first-order valence-corrected chi connectivity index (χ1v) is 12.4. The molecule has 2 aliphatic rings. The smallest absolute Gasteiger partial charge is 0.261 e. The number of hydrogen-bond acceptors (Lipinski definition) is 6. The maximum Gasteiger partial charge on any atom is 0.261 e. The van der Waals surface area contributed by atoms with Gasteiger partial charge >= 0.3 is 0 Å². The van der Waals surface area contributed by atoms with Gasteiger partial charge in [-0.3, -0.25) is 4.79 Å². The molecule has 11 heteroatoms. The molecule has 6 rings (SSSR count). The molecule has 2 atom stereocenters. The highest BCUT2D eigenvalue weighted by Gasteiger charge is 2.36. The number of rotatable bonds is 5. The lowest BCUT2D eigenvalue weighted by atomic mass is 10.0. The summed E-state index contributed by atoms with van der Waals surface area (Å²) in [6, 6.07) is 11.6. The zero-order chi connectivity index (χ0) is 26.2. The molecule has 0 saturated carbocycles. The van der Waals surface area contributed by atoms with E-state index in [0.717, 1.165) is 37.0 Å². The summed E-state index contributed by atoms with van der Waals surface area (Å²) in [4.78, 5) is 21.5. The molecule has 2 fully saturated rings. The van der Waals surface area contributed by atoms with Gasteiger partial charge in [-0.05, 0) is 48.5 Å². The lowest BCUT2D eigenvalue weighted by Gasteiger charge is -2.28. The van der Waals surface area contributed by atoms with E-state index in [2.05, 4.69) is 20.3 Å². The van der Waals surface area contributed by atoms with E-state index in [1.165, 1.54) is 10.7 Å². The number of ether oxygens (including phenoxy) is 1. The molecular weight excluding hydrogens is 497 g/mol. The van der Waals surface area contributed by atoms with Crippen molar-refractivity contribution in [3.63, 3.8) is 0 Å². The molecule has 8 nitrogen and oxygen atoms in total. The standard InChI is InChI=1S/C27H25F3N6O2/c28-17-1-6-23(30)21(13-17)24-14-18(29)16-35(24)25-7-8-36-26(33-25)22(15-31-36)27(37)32-19-2-4-20(5-3-19)34-9-11-38-12-10-34/h1-8,13,15,18,24H,9-12,14,16H2,(H,32,37)/t18-,24+/m0/s1. The minimum Gasteiger partial charge on any atom is -0.378 e. The second-order valence-electron chi connectivity index (χ2n) is 9.38. The molecule has 4 heterocycles. The van der Waals surface area contributed by atoms with Gasteiger partial charge in [0.25, 0.3) is 5.91 Å². The number of amides is 1. The highest BCUT2D eigenvalue weighted by molar-refractivity contribution is 6.08. The number of carbonyl (C=O) groups excluding carboxylic acids is 1. The number of halogens is 3. The van der Waals surface area contributed by atoms with Crippen LogP contribution in [0.5, 0.6) is 0 Å². The highest BCUT2D eigenvalue weighted by atomic mass is 19.1. The number of anilines is 3. The van der Waals surface area contributed by atoms with Crippen molar-refractivity contribution in [2.45, 2.75) is 18.6 Å². The largest absolute Gasteiger partial charge is 0.378 e. The Morgan fingerprint density at radius 3 is 2.63 bits per heavy atom. The summed E-state index contributed by atoms with van der Waals surface area (Å²) in [5.74, 6) is -1.27. The molecule has 0 radical (unpaired) electrons. The first-order valence-electron chi connectivity index (χ1n) is 12.4. The van der Waals surface area contributed by atoms with Crippen LogP contribution in [0.1, 0.15) is 28.4 Å². The number of fused-ring (bicyclic) bond motifs is 1. The van der Waals surface area contributed by atoms with Gasteiger partial charge in [0.05, 0.1) is 32.0 Å². The summed E-state index contributed by atoms with van der Waals surface area (Å²) in [7, 11) is 0. The molecule has 0 unspecified atom stereocenters. The van der Waals surface area contributed by atoms with Gasteiger partial charge in [0.15, 0.2) is 5.65 Å². The van der Waals surface area contributed by atoms with Crippen LogP contribution in [0, 0.1) is 11.6 Å². The average molecular weight is 523 g/mol. The number of nitrogens with one attached hydrogen (secondary N) is 1. The third-order valence-electron chi connectivity index (χ3n) is 6.96. The van der Waals surface area contributed by atoms with Crippen molar-refractivity contribution in [2.24, 2.45) is 0 Å². The zero-order valence-corrected chi connectivity index (χ0v) is 20.4. The zero-order valence-electron chi connectivity index (χ0n) is 20.4. The van der Waals surface area contributed by atoms with E-state index in [-0.39, 0.29) is 29.7 Å². The van der Waals surface area contributed by atoms with Gasteiger partial charge in [0, 0.05) is 42.6 Å².